The molecule has 1 aromatic heterocycles. The molecule has 47 nitrogen and oxygen atoms in total. The van der Waals surface area contributed by atoms with Gasteiger partial charge >= 0.3 is 5.97 Å². The van der Waals surface area contributed by atoms with Gasteiger partial charge in [-0.2, -0.15) is 23.5 Å². The van der Waals surface area contributed by atoms with Crippen molar-refractivity contribution in [3.63, 3.8) is 0 Å². The van der Waals surface area contributed by atoms with Gasteiger partial charge in [-0.05, 0) is 164 Å². The molecular formula is C87H141N23O24S2. The van der Waals surface area contributed by atoms with Crippen LogP contribution in [-0.2, 0) is 107 Å². The Kier molecular flexibility index (Phi) is 47.0. The van der Waals surface area contributed by atoms with Crippen molar-refractivity contribution >= 4 is 148 Å². The van der Waals surface area contributed by atoms with E-state index in [9.17, 15) is 116 Å². The predicted molar refractivity (Wildman–Crippen MR) is 495 cm³/mol. The lowest BCUT2D eigenvalue weighted by molar-refractivity contribution is -0.149. The first-order valence-corrected chi connectivity index (χ1v) is 49.3. The normalized spacial score (nSPS) is 19.4. The number of nitrogens with one attached hydrogen (secondary N) is 15. The number of hydrogen-bond donors (Lipinski definition) is 20. The maximum absolute atomic E-state index is 14.5. The van der Waals surface area contributed by atoms with Gasteiger partial charge in [-0.15, -0.1) is 0 Å². The van der Waals surface area contributed by atoms with Crippen molar-refractivity contribution in [1.82, 2.24) is 109 Å². The third kappa shape index (κ3) is 35.0. The molecular weight excluding hydrogens is 1820 g/mol. The van der Waals surface area contributed by atoms with Gasteiger partial charge in [0.25, 0.3) is 0 Å². The van der Waals surface area contributed by atoms with E-state index in [4.69, 9.17) is 11.5 Å². The molecule has 0 spiro atoms. The molecule has 5 aliphatic heterocycles. The molecule has 22 N–H and O–H groups in total. The summed E-state index contributed by atoms with van der Waals surface area (Å²) in [4.78, 5) is 302. The number of carboxylic acids is 1. The zero-order valence-electron chi connectivity index (χ0n) is 79.4. The van der Waals surface area contributed by atoms with Gasteiger partial charge in [0.2, 0.25) is 118 Å². The molecule has 16 atom stereocenters. The highest BCUT2D eigenvalue weighted by atomic mass is 32.2. The fraction of sp³-hybridized carbons (Fsp3) is 0.724. The number of primary amides is 1. The zero-order chi connectivity index (χ0) is 101. The Morgan fingerprint density at radius 1 is 0.404 bits per heavy atom. The van der Waals surface area contributed by atoms with Crippen molar-refractivity contribution < 1.29 is 116 Å². The molecule has 0 bridgehead atoms. The highest BCUT2D eigenvalue weighted by Crippen LogP contribution is 2.28. The summed E-state index contributed by atoms with van der Waals surface area (Å²) in [6.45, 7) is 12.1. The number of aliphatic hydroxyl groups is 2. The van der Waals surface area contributed by atoms with Crippen molar-refractivity contribution in [3.8, 4) is 0 Å². The van der Waals surface area contributed by atoms with Gasteiger partial charge in [0.15, 0.2) is 0 Å². The number of aliphatic carboxylic acids is 1. The lowest BCUT2D eigenvalue weighted by Gasteiger charge is -2.31. The van der Waals surface area contributed by atoms with Crippen LogP contribution in [0.1, 0.15) is 184 Å². The molecule has 0 aromatic carbocycles. The van der Waals surface area contributed by atoms with Crippen molar-refractivity contribution in [1.29, 1.82) is 0 Å². The highest BCUT2D eigenvalue weighted by Gasteiger charge is 2.46. The Morgan fingerprint density at radius 3 is 1.25 bits per heavy atom. The molecule has 5 fully saturated rings. The molecule has 760 valence electrons. The highest BCUT2D eigenvalue weighted by molar-refractivity contribution is 7.98. The topological polar surface area (TPSA) is 685 Å². The minimum absolute atomic E-state index is 0.0169. The molecule has 6 rings (SSSR count). The minimum Gasteiger partial charge on any atom is -0.480 e. The maximum Gasteiger partial charge on any atom is 0.326 e. The number of aliphatic hydroxyl groups excluding tert-OH is 2. The second kappa shape index (κ2) is 56.4. The number of likely N-dealkylation sites (tertiary alicyclic amines) is 5. The Morgan fingerprint density at radius 2 is 0.765 bits per heavy atom. The summed E-state index contributed by atoms with van der Waals surface area (Å²) >= 11 is 2.61. The van der Waals surface area contributed by atoms with E-state index < -0.39 is 273 Å². The minimum atomic E-state index is -1.80. The number of amides is 20. The van der Waals surface area contributed by atoms with Gasteiger partial charge in [-0.1, -0.05) is 55.4 Å². The number of aromatic nitrogens is 2. The Balaban J connectivity index is 1.02. The summed E-state index contributed by atoms with van der Waals surface area (Å²) in [6.07, 6.45) is 8.47. The van der Waals surface area contributed by atoms with E-state index >= 15 is 0 Å². The van der Waals surface area contributed by atoms with E-state index in [0.29, 0.717) is 50.8 Å². The third-order valence-corrected chi connectivity index (χ3v) is 25.1. The van der Waals surface area contributed by atoms with Crippen LogP contribution in [0.3, 0.4) is 0 Å². The largest absolute Gasteiger partial charge is 0.480 e. The molecule has 1 aromatic rings. The molecule has 0 aliphatic carbocycles. The molecule has 5 aliphatic rings. The number of nitrogens with two attached hydrogens (primary N) is 2. The fourth-order valence-corrected chi connectivity index (χ4v) is 17.9. The fourth-order valence-electron chi connectivity index (χ4n) is 16.9. The number of rotatable bonds is 55. The second-order valence-corrected chi connectivity index (χ2v) is 38.4. The van der Waals surface area contributed by atoms with Crippen LogP contribution >= 0.6 is 23.5 Å². The number of imidazole rings is 1. The molecule has 5 saturated heterocycles. The van der Waals surface area contributed by atoms with Crippen LogP contribution in [0.4, 0.5) is 0 Å². The van der Waals surface area contributed by atoms with Crippen molar-refractivity contribution in [2.24, 2.45) is 35.1 Å². The Bertz CT molecular complexity index is 4340. The van der Waals surface area contributed by atoms with Crippen LogP contribution in [-0.4, -0.2) is 367 Å². The second-order valence-electron chi connectivity index (χ2n) is 36.4. The predicted octanol–water partition coefficient (Wildman–Crippen LogP) is -6.41. The van der Waals surface area contributed by atoms with E-state index in [2.05, 4.69) is 84.4 Å². The van der Waals surface area contributed by atoms with E-state index in [0.717, 1.165) is 0 Å². The van der Waals surface area contributed by atoms with Crippen LogP contribution in [0.5, 0.6) is 0 Å². The average molecular weight is 1960 g/mol. The van der Waals surface area contributed by atoms with Gasteiger partial charge in [0.1, 0.15) is 96.7 Å². The maximum atomic E-state index is 14.5. The van der Waals surface area contributed by atoms with Gasteiger partial charge in [-0.25, -0.2) is 9.78 Å². The number of carboxylic acid groups (broad SMARTS) is 1. The monoisotopic (exact) mass is 1960 g/mol. The van der Waals surface area contributed by atoms with Crippen molar-refractivity contribution in [3.05, 3.63) is 18.2 Å². The van der Waals surface area contributed by atoms with Gasteiger partial charge in [-0.3, -0.25) is 95.9 Å². The summed E-state index contributed by atoms with van der Waals surface area (Å²) in [7, 11) is 0. The van der Waals surface area contributed by atoms with Gasteiger partial charge in [0.05, 0.1) is 51.4 Å². The first-order valence-electron chi connectivity index (χ1n) is 46.5. The number of carbonyl (C=O) groups excluding carboxylic acids is 20. The standard InChI is InChI=1S/C87H141N23O24S2/c1-46(2)33-55(97-70(116)42-93-81(127)63-18-13-29-109(63)86(132)65-20-15-26-106(65)71(117)38-88)75(121)105-61(44-112)79(125)101-58(37-51-39-90-45-94-51)78(124)98-52(22-23-67(89)113)73(119)100-56(34-47(3)4)76(122)99-53(24-31-135-10)74(120)104-60(43-111)72(118)91-41-69(115)96-54(25-32-136-11)84(130)108-28-12-17-62(108)80(126)92-40-68(114)95-50(9)83(129)107-27-14-19-64(107)82(128)102-57(35-48(5)6)77(123)103-59(36-49(7)8)85(131)110-30-16-21-66(110)87(133)134/h39,45-50,52-66,111-112H,12-38,40-44,88H2,1-11H3,(H2,89,113)(H,90,94)(H,91,118)(H,92,126)(H,93,127)(H,95,114)(H,96,115)(H,97,116)(H,98,124)(H,99,122)(H,100,119)(H,101,125)(H,102,128)(H,103,123)(H,104,120)(H,105,121)(H,133,134)/t50-,52-,53-,54-,55-,56-,57-,58-,59-,60-,61-,62-,63-,64-,65-,66-/m0/s1. The number of aromatic amines is 1. The summed E-state index contributed by atoms with van der Waals surface area (Å²) in [5.74, 6) is -17.5. The number of H-pyrrole nitrogens is 1. The number of nitrogens with zero attached hydrogens (tertiary/aromatic N) is 6. The van der Waals surface area contributed by atoms with Gasteiger partial charge < -0.3 is 131 Å². The number of hydrogen-bond acceptors (Lipinski definition) is 27. The first-order chi connectivity index (χ1) is 64.4. The van der Waals surface area contributed by atoms with E-state index in [-0.39, 0.29) is 132 Å². The van der Waals surface area contributed by atoms with E-state index in [1.807, 2.05) is 27.7 Å². The molecule has 136 heavy (non-hydrogen) atoms. The SMILES string of the molecule is CSCC[C@H](NC(=O)[C@H](CC(C)C)NC(=O)[C@H](CCC(N)=O)NC(=O)[C@H](Cc1c[nH]cn1)NC(=O)[C@H](CO)NC(=O)[C@H](CC(C)C)NC(=O)CNC(=O)[C@@H]1CCCN1C(=O)[C@@H]1CCCN1C(=O)CN)C(=O)N[C@@H](CO)C(=O)NCC(=O)N[C@@H](CCSC)C(=O)N1CCC[C@H]1C(=O)NCC(=O)N[C@@H](C)C(=O)N1CCC[C@H]1C(=O)N[C@@H](CC(C)C)C(=O)N[C@@H](CC(C)C)C(=O)N1CCC[C@H]1C(=O)O. The lowest BCUT2D eigenvalue weighted by atomic mass is 9.99. The molecule has 49 heteroatoms. The van der Waals surface area contributed by atoms with Crippen LogP contribution in [0.25, 0.3) is 0 Å². The number of carbonyl (C=O) groups is 21. The Hall–Kier alpha value is -11.3. The van der Waals surface area contributed by atoms with E-state index in [1.54, 1.807) is 40.2 Å². The number of thioether (sulfide) groups is 2. The zero-order valence-corrected chi connectivity index (χ0v) is 81.0. The smallest absolute Gasteiger partial charge is 0.326 e. The van der Waals surface area contributed by atoms with E-state index in [1.165, 1.54) is 67.5 Å². The quantitative estimate of drug-likeness (QED) is 0.0288. The van der Waals surface area contributed by atoms with Crippen LogP contribution in [0.15, 0.2) is 12.5 Å². The van der Waals surface area contributed by atoms with Gasteiger partial charge in [0, 0.05) is 51.8 Å². The summed E-state index contributed by atoms with van der Waals surface area (Å²) in [5.41, 5.74) is 11.3. The van der Waals surface area contributed by atoms with Crippen LogP contribution in [0, 0.1) is 23.7 Å². The summed E-state index contributed by atoms with van der Waals surface area (Å²) < 4.78 is 0. The Labute approximate surface area is 799 Å². The molecule has 6 heterocycles. The summed E-state index contributed by atoms with van der Waals surface area (Å²) in [5, 5.41) is 66.4. The summed E-state index contributed by atoms with van der Waals surface area (Å²) in [6, 6.07) is -20.9. The molecule has 20 amide bonds. The lowest BCUT2D eigenvalue weighted by Crippen LogP contribution is -2.61. The van der Waals surface area contributed by atoms with Crippen molar-refractivity contribution in [2.45, 2.75) is 281 Å². The van der Waals surface area contributed by atoms with Crippen molar-refractivity contribution in [2.75, 3.05) is 96.1 Å². The molecule has 0 saturated carbocycles. The molecule has 0 radical (unpaired) electrons. The van der Waals surface area contributed by atoms with Crippen LogP contribution < -0.4 is 85.9 Å². The van der Waals surface area contributed by atoms with Crippen LogP contribution in [0.2, 0.25) is 0 Å². The average Bonchev–Trinajstić information content (AvgIpc) is 1.66. The first kappa shape index (κ1) is 113. The third-order valence-electron chi connectivity index (χ3n) is 23.8. The molecule has 0 unspecified atom stereocenters.